The van der Waals surface area contributed by atoms with E-state index in [0.29, 0.717) is 40.6 Å². The molecule has 0 aliphatic rings. The number of nitrogens with zero attached hydrogens (tertiary/aromatic N) is 4. The fourth-order valence-electron chi connectivity index (χ4n) is 3.04. The predicted octanol–water partition coefficient (Wildman–Crippen LogP) is 6.74. The second-order valence-electron chi connectivity index (χ2n) is 7.10. The molecule has 0 saturated carbocycles. The minimum Gasteiger partial charge on any atom is -0.490 e. The Bertz CT molecular complexity index is 1280. The van der Waals surface area contributed by atoms with Gasteiger partial charge in [-0.1, -0.05) is 71.4 Å². The molecule has 1 aromatic heterocycles. The summed E-state index contributed by atoms with van der Waals surface area (Å²) in [6, 6.07) is 21.0. The Kier molecular flexibility index (Phi) is 8.46. The lowest BCUT2D eigenvalue weighted by molar-refractivity contribution is 0.269. The van der Waals surface area contributed by atoms with Gasteiger partial charge in [-0.05, 0) is 48.4 Å². The summed E-state index contributed by atoms with van der Waals surface area (Å²) in [5.74, 6) is 1.94. The first-order chi connectivity index (χ1) is 16.6. The van der Waals surface area contributed by atoms with E-state index in [0.717, 1.165) is 21.7 Å². The van der Waals surface area contributed by atoms with Crippen LogP contribution < -0.4 is 9.47 Å². The zero-order valence-electron chi connectivity index (χ0n) is 18.4. The van der Waals surface area contributed by atoms with E-state index < -0.39 is 0 Å². The van der Waals surface area contributed by atoms with E-state index in [-0.39, 0.29) is 0 Å². The van der Waals surface area contributed by atoms with Crippen LogP contribution in [-0.4, -0.2) is 27.7 Å². The maximum atomic E-state index is 6.25. The zero-order valence-corrected chi connectivity index (χ0v) is 20.7. The van der Waals surface area contributed by atoms with Crippen LogP contribution in [0.4, 0.5) is 0 Å². The van der Waals surface area contributed by atoms with Crippen LogP contribution in [0, 0.1) is 0 Å². The smallest absolute Gasteiger partial charge is 0.212 e. The molecule has 0 atom stereocenters. The summed E-state index contributed by atoms with van der Waals surface area (Å²) < 4.78 is 13.4. The molecule has 3 aromatic carbocycles. The second-order valence-corrected chi connectivity index (χ2v) is 8.86. The summed E-state index contributed by atoms with van der Waals surface area (Å²) in [4.78, 5) is 0. The molecule has 0 aliphatic carbocycles. The normalized spacial score (nSPS) is 11.1. The first-order valence-corrected chi connectivity index (χ1v) is 12.3. The number of thioether (sulfide) groups is 1. The van der Waals surface area contributed by atoms with E-state index in [1.807, 2.05) is 73.7 Å². The summed E-state index contributed by atoms with van der Waals surface area (Å²) in [6.07, 6.45) is 3.29. The fourth-order valence-corrected chi connectivity index (χ4v) is 4.38. The average molecular weight is 513 g/mol. The van der Waals surface area contributed by atoms with Crippen LogP contribution in [0.3, 0.4) is 0 Å². The van der Waals surface area contributed by atoms with Gasteiger partial charge in [0.25, 0.3) is 0 Å². The van der Waals surface area contributed by atoms with Gasteiger partial charge >= 0.3 is 0 Å². The SMILES string of the molecule is CCOc1cc(/C=N/n2cnnc2SCc2ccccc2Cl)ccc1OCc1ccccc1Cl. The highest BCUT2D eigenvalue weighted by atomic mass is 35.5. The van der Waals surface area contributed by atoms with Gasteiger partial charge in [0.2, 0.25) is 5.16 Å². The van der Waals surface area contributed by atoms with Crippen molar-refractivity contribution in [1.29, 1.82) is 0 Å². The van der Waals surface area contributed by atoms with Crippen molar-refractivity contribution in [3.63, 3.8) is 0 Å². The summed E-state index contributed by atoms with van der Waals surface area (Å²) in [6.45, 7) is 2.79. The third-order valence-corrected chi connectivity index (χ3v) is 6.47. The molecular formula is C25H22Cl2N4O2S. The first-order valence-electron chi connectivity index (χ1n) is 10.6. The third kappa shape index (κ3) is 6.32. The maximum absolute atomic E-state index is 6.25. The molecule has 4 rings (SSSR count). The van der Waals surface area contributed by atoms with Crippen LogP contribution >= 0.6 is 35.0 Å². The molecule has 4 aromatic rings. The van der Waals surface area contributed by atoms with Gasteiger partial charge in [0.15, 0.2) is 11.5 Å². The molecule has 0 radical (unpaired) electrons. The number of benzene rings is 3. The largest absolute Gasteiger partial charge is 0.490 e. The third-order valence-electron chi connectivity index (χ3n) is 4.75. The number of hydrogen-bond donors (Lipinski definition) is 0. The zero-order chi connectivity index (χ0) is 23.8. The Balaban J connectivity index is 1.45. The minimum absolute atomic E-state index is 0.347. The second kappa shape index (κ2) is 11.9. The minimum atomic E-state index is 0.347. The molecular weight excluding hydrogens is 491 g/mol. The Hall–Kier alpha value is -3.00. The number of ether oxygens (including phenoxy) is 2. The summed E-state index contributed by atoms with van der Waals surface area (Å²) >= 11 is 14.0. The molecule has 0 bridgehead atoms. The molecule has 0 unspecified atom stereocenters. The molecule has 0 fully saturated rings. The monoisotopic (exact) mass is 512 g/mol. The van der Waals surface area contributed by atoms with Crippen LogP contribution in [0.15, 0.2) is 83.3 Å². The van der Waals surface area contributed by atoms with Gasteiger partial charge in [-0.3, -0.25) is 0 Å². The highest BCUT2D eigenvalue weighted by molar-refractivity contribution is 7.98. The van der Waals surface area contributed by atoms with E-state index in [4.69, 9.17) is 32.7 Å². The Morgan fingerprint density at radius 2 is 1.68 bits per heavy atom. The van der Waals surface area contributed by atoms with Crippen LogP contribution in [0.5, 0.6) is 11.5 Å². The number of aromatic nitrogens is 3. The van der Waals surface area contributed by atoms with E-state index in [1.165, 1.54) is 11.8 Å². The molecule has 0 spiro atoms. The summed E-state index contributed by atoms with van der Waals surface area (Å²) in [5.41, 5.74) is 2.79. The number of hydrogen-bond acceptors (Lipinski definition) is 6. The van der Waals surface area contributed by atoms with E-state index in [1.54, 1.807) is 17.2 Å². The maximum Gasteiger partial charge on any atom is 0.212 e. The molecule has 0 aliphatic heterocycles. The van der Waals surface area contributed by atoms with Gasteiger partial charge in [0.1, 0.15) is 12.9 Å². The van der Waals surface area contributed by atoms with Gasteiger partial charge in [-0.25, -0.2) is 0 Å². The molecule has 0 saturated heterocycles. The van der Waals surface area contributed by atoms with Crippen LogP contribution in [0.2, 0.25) is 10.0 Å². The fraction of sp³-hybridized carbons (Fsp3) is 0.160. The first kappa shape index (κ1) is 24.1. The van der Waals surface area contributed by atoms with Crippen molar-refractivity contribution in [3.8, 4) is 11.5 Å². The molecule has 6 nitrogen and oxygen atoms in total. The lowest BCUT2D eigenvalue weighted by Crippen LogP contribution is -2.01. The van der Waals surface area contributed by atoms with Crippen molar-refractivity contribution in [2.75, 3.05) is 6.61 Å². The van der Waals surface area contributed by atoms with Crippen molar-refractivity contribution < 1.29 is 9.47 Å². The van der Waals surface area contributed by atoms with Crippen LogP contribution in [-0.2, 0) is 12.4 Å². The average Bonchev–Trinajstić information content (AvgIpc) is 3.30. The quantitative estimate of drug-likeness (QED) is 0.174. The van der Waals surface area contributed by atoms with E-state index in [2.05, 4.69) is 15.3 Å². The van der Waals surface area contributed by atoms with Gasteiger partial charge < -0.3 is 9.47 Å². The van der Waals surface area contributed by atoms with Gasteiger partial charge in [0, 0.05) is 21.4 Å². The lowest BCUT2D eigenvalue weighted by Gasteiger charge is -2.13. The number of rotatable bonds is 10. The van der Waals surface area contributed by atoms with E-state index >= 15 is 0 Å². The van der Waals surface area contributed by atoms with Crippen molar-refractivity contribution in [2.45, 2.75) is 24.4 Å². The van der Waals surface area contributed by atoms with Gasteiger partial charge in [0.05, 0.1) is 12.8 Å². The Morgan fingerprint density at radius 3 is 2.41 bits per heavy atom. The highest BCUT2D eigenvalue weighted by Crippen LogP contribution is 2.30. The summed E-state index contributed by atoms with van der Waals surface area (Å²) in [7, 11) is 0. The molecule has 9 heteroatoms. The molecule has 34 heavy (non-hydrogen) atoms. The Labute approximate surface area is 212 Å². The van der Waals surface area contributed by atoms with Crippen molar-refractivity contribution in [1.82, 2.24) is 14.9 Å². The van der Waals surface area contributed by atoms with Crippen LogP contribution in [0.25, 0.3) is 0 Å². The molecule has 1 heterocycles. The lowest BCUT2D eigenvalue weighted by atomic mass is 10.2. The van der Waals surface area contributed by atoms with Gasteiger partial charge in [-0.2, -0.15) is 9.78 Å². The van der Waals surface area contributed by atoms with Crippen molar-refractivity contribution in [2.24, 2.45) is 5.10 Å². The van der Waals surface area contributed by atoms with Crippen molar-refractivity contribution >= 4 is 41.2 Å². The molecule has 0 N–H and O–H groups in total. The highest BCUT2D eigenvalue weighted by Gasteiger charge is 2.09. The Morgan fingerprint density at radius 1 is 0.941 bits per heavy atom. The topological polar surface area (TPSA) is 61.5 Å². The van der Waals surface area contributed by atoms with Gasteiger partial charge in [-0.15, -0.1) is 10.2 Å². The summed E-state index contributed by atoms with van der Waals surface area (Å²) in [5, 5.41) is 14.7. The van der Waals surface area contributed by atoms with Crippen LogP contribution in [0.1, 0.15) is 23.6 Å². The molecule has 0 amide bonds. The number of halogens is 2. The predicted molar refractivity (Wildman–Crippen MR) is 137 cm³/mol. The standard InChI is InChI=1S/C25H22Cl2N4O2S/c1-2-32-24-13-18(11-12-23(24)33-15-19-7-3-5-9-21(19)26)14-29-31-17-28-30-25(31)34-16-20-8-4-6-10-22(20)27/h3-14,17H,2,15-16H2,1H3/b29-14+. The molecule has 174 valence electrons. The van der Waals surface area contributed by atoms with E-state index in [9.17, 15) is 0 Å². The van der Waals surface area contributed by atoms with Crippen molar-refractivity contribution in [3.05, 3.63) is 99.8 Å².